The number of aromatic nitrogens is 2. The van der Waals surface area contributed by atoms with E-state index in [4.69, 9.17) is 0 Å². The van der Waals surface area contributed by atoms with E-state index in [1.165, 1.54) is 17.9 Å². The second kappa shape index (κ2) is 5.03. The van der Waals surface area contributed by atoms with E-state index in [0.717, 1.165) is 13.1 Å². The first-order valence-electron chi connectivity index (χ1n) is 5.54. The number of nitrogens with zero attached hydrogens (tertiary/aromatic N) is 2. The van der Waals surface area contributed by atoms with Crippen molar-refractivity contribution in [2.75, 3.05) is 25.1 Å². The molecule has 1 N–H and O–H groups in total. The first kappa shape index (κ1) is 11.0. The van der Waals surface area contributed by atoms with Gasteiger partial charge in [-0.3, -0.25) is 0 Å². The van der Waals surface area contributed by atoms with Gasteiger partial charge in [0.05, 0.1) is 6.33 Å². The minimum Gasteiger partial charge on any atom is -0.331 e. The average molecular weight is 225 g/mol. The first-order chi connectivity index (χ1) is 7.33. The van der Waals surface area contributed by atoms with Gasteiger partial charge in [0, 0.05) is 36.9 Å². The molecular formula is C11H19N3S. The van der Waals surface area contributed by atoms with Crippen LogP contribution in [0.5, 0.6) is 0 Å². The Labute approximate surface area is 95.7 Å². The summed E-state index contributed by atoms with van der Waals surface area (Å²) in [5, 5.41) is 3.31. The molecule has 1 aliphatic heterocycles. The Morgan fingerprint density at radius 1 is 1.67 bits per heavy atom. The molecule has 1 saturated heterocycles. The smallest absolute Gasteiger partial charge is 0.0950 e. The van der Waals surface area contributed by atoms with Crippen molar-refractivity contribution in [3.05, 3.63) is 18.2 Å². The fraction of sp³-hybridized carbons (Fsp3) is 0.727. The van der Waals surface area contributed by atoms with Crippen molar-refractivity contribution in [3.8, 4) is 0 Å². The van der Waals surface area contributed by atoms with Crippen molar-refractivity contribution in [1.29, 1.82) is 0 Å². The maximum Gasteiger partial charge on any atom is 0.0950 e. The van der Waals surface area contributed by atoms with E-state index in [2.05, 4.69) is 28.0 Å². The van der Waals surface area contributed by atoms with E-state index in [-0.39, 0.29) is 0 Å². The highest BCUT2D eigenvalue weighted by Gasteiger charge is 2.23. The molecule has 1 unspecified atom stereocenters. The number of hydrogen-bond donors (Lipinski definition) is 1. The molecule has 0 aliphatic carbocycles. The van der Waals surface area contributed by atoms with Crippen LogP contribution in [0.1, 0.15) is 31.0 Å². The molecule has 1 fully saturated rings. The monoisotopic (exact) mass is 225 g/mol. The summed E-state index contributed by atoms with van der Waals surface area (Å²) in [6.45, 7) is 4.51. The van der Waals surface area contributed by atoms with Gasteiger partial charge in [-0.25, -0.2) is 4.98 Å². The Hall–Kier alpha value is -0.480. The van der Waals surface area contributed by atoms with Crippen LogP contribution in [0.3, 0.4) is 0 Å². The lowest BCUT2D eigenvalue weighted by Crippen LogP contribution is -2.41. The Bertz CT molecular complexity index is 307. The number of nitrogens with one attached hydrogen (secondary N) is 1. The summed E-state index contributed by atoms with van der Waals surface area (Å²) in [5.74, 6) is 1.91. The van der Waals surface area contributed by atoms with Crippen LogP contribution in [0.25, 0.3) is 0 Å². The van der Waals surface area contributed by atoms with Gasteiger partial charge in [-0.15, -0.1) is 0 Å². The number of thioether (sulfide) groups is 1. The molecule has 4 heteroatoms. The normalized spacial score (nSPS) is 18.8. The van der Waals surface area contributed by atoms with E-state index >= 15 is 0 Å². The van der Waals surface area contributed by atoms with Crippen LogP contribution < -0.4 is 5.32 Å². The molecule has 2 rings (SSSR count). The maximum atomic E-state index is 4.28. The molecule has 0 radical (unpaired) electrons. The van der Waals surface area contributed by atoms with Crippen molar-refractivity contribution < 1.29 is 0 Å². The average Bonchev–Trinajstić information content (AvgIpc) is 2.60. The molecule has 0 spiro atoms. The van der Waals surface area contributed by atoms with Gasteiger partial charge in [0.25, 0.3) is 0 Å². The van der Waals surface area contributed by atoms with Crippen molar-refractivity contribution >= 4 is 11.8 Å². The predicted molar refractivity (Wildman–Crippen MR) is 65.5 cm³/mol. The van der Waals surface area contributed by atoms with Crippen LogP contribution in [-0.2, 0) is 0 Å². The third kappa shape index (κ3) is 2.37. The highest BCUT2D eigenvalue weighted by molar-refractivity contribution is 7.98. The summed E-state index contributed by atoms with van der Waals surface area (Å²) in [5.41, 5.74) is 1.40. The molecule has 84 valence electrons. The Morgan fingerprint density at radius 2 is 2.47 bits per heavy atom. The molecule has 1 aromatic rings. The predicted octanol–water partition coefficient (Wildman–Crippen LogP) is 1.88. The lowest BCUT2D eigenvalue weighted by molar-refractivity contribution is 0.405. The fourth-order valence-electron chi connectivity index (χ4n) is 1.92. The van der Waals surface area contributed by atoms with Gasteiger partial charge in [-0.05, 0) is 25.4 Å². The van der Waals surface area contributed by atoms with Crippen LogP contribution in [0, 0.1) is 0 Å². The van der Waals surface area contributed by atoms with Gasteiger partial charge in [0.2, 0.25) is 0 Å². The number of imidazole rings is 1. The third-order valence-corrected chi connectivity index (χ3v) is 3.75. The van der Waals surface area contributed by atoms with Crippen molar-refractivity contribution in [2.45, 2.75) is 25.3 Å². The second-order valence-electron chi connectivity index (χ2n) is 4.21. The Morgan fingerprint density at radius 3 is 3.07 bits per heavy atom. The van der Waals surface area contributed by atoms with Crippen LogP contribution in [0.4, 0.5) is 0 Å². The van der Waals surface area contributed by atoms with Gasteiger partial charge in [0.15, 0.2) is 0 Å². The number of hydrogen-bond acceptors (Lipinski definition) is 3. The van der Waals surface area contributed by atoms with E-state index in [1.54, 1.807) is 0 Å². The zero-order valence-corrected chi connectivity index (χ0v) is 10.3. The number of rotatable bonds is 5. The molecule has 0 amide bonds. The second-order valence-corrected chi connectivity index (χ2v) is 5.20. The van der Waals surface area contributed by atoms with Gasteiger partial charge >= 0.3 is 0 Å². The molecular weight excluding hydrogens is 206 g/mol. The van der Waals surface area contributed by atoms with E-state index in [9.17, 15) is 0 Å². The summed E-state index contributed by atoms with van der Waals surface area (Å²) in [6.07, 6.45) is 7.40. The summed E-state index contributed by atoms with van der Waals surface area (Å²) in [7, 11) is 0. The van der Waals surface area contributed by atoms with Crippen LogP contribution in [0.15, 0.2) is 12.5 Å². The standard InChI is InChI=1S/C11H19N3S/c1-9(3-4-15-2)14-8-13-7-11(14)10-5-12-6-10/h7-10,12H,3-6H2,1-2H3. The summed E-state index contributed by atoms with van der Waals surface area (Å²) in [4.78, 5) is 4.28. The van der Waals surface area contributed by atoms with Crippen molar-refractivity contribution in [2.24, 2.45) is 0 Å². The topological polar surface area (TPSA) is 29.9 Å². The Balaban J connectivity index is 2.02. The molecule has 0 bridgehead atoms. The summed E-state index contributed by atoms with van der Waals surface area (Å²) < 4.78 is 2.35. The molecule has 1 atom stereocenters. The van der Waals surface area contributed by atoms with Gasteiger partial charge in [-0.2, -0.15) is 11.8 Å². The summed E-state index contributed by atoms with van der Waals surface area (Å²) >= 11 is 1.92. The highest BCUT2D eigenvalue weighted by atomic mass is 32.2. The molecule has 3 nitrogen and oxygen atoms in total. The highest BCUT2D eigenvalue weighted by Crippen LogP contribution is 2.24. The largest absolute Gasteiger partial charge is 0.331 e. The quantitative estimate of drug-likeness (QED) is 0.830. The van der Waals surface area contributed by atoms with E-state index in [1.807, 2.05) is 24.3 Å². The van der Waals surface area contributed by atoms with Crippen molar-refractivity contribution in [3.63, 3.8) is 0 Å². The lowest BCUT2D eigenvalue weighted by atomic mass is 9.99. The molecule has 1 aromatic heterocycles. The zero-order chi connectivity index (χ0) is 10.7. The summed E-state index contributed by atoms with van der Waals surface area (Å²) in [6, 6.07) is 0.579. The van der Waals surface area contributed by atoms with Gasteiger partial charge < -0.3 is 9.88 Å². The Kier molecular flexibility index (Phi) is 3.70. The molecule has 0 saturated carbocycles. The molecule has 15 heavy (non-hydrogen) atoms. The van der Waals surface area contributed by atoms with Gasteiger partial charge in [-0.1, -0.05) is 0 Å². The lowest BCUT2D eigenvalue weighted by Gasteiger charge is -2.29. The fourth-order valence-corrected chi connectivity index (χ4v) is 2.50. The molecule has 1 aliphatic rings. The molecule has 2 heterocycles. The van der Waals surface area contributed by atoms with E-state index in [0.29, 0.717) is 12.0 Å². The SMILES string of the molecule is CSCCC(C)n1cncc1C1CNC1. The third-order valence-electron chi connectivity index (χ3n) is 3.11. The maximum absolute atomic E-state index is 4.28. The zero-order valence-electron chi connectivity index (χ0n) is 9.44. The van der Waals surface area contributed by atoms with E-state index < -0.39 is 0 Å². The first-order valence-corrected chi connectivity index (χ1v) is 6.93. The minimum absolute atomic E-state index is 0.579. The van der Waals surface area contributed by atoms with Crippen molar-refractivity contribution in [1.82, 2.24) is 14.9 Å². The van der Waals surface area contributed by atoms with Crippen LogP contribution in [-0.4, -0.2) is 34.6 Å². The van der Waals surface area contributed by atoms with Crippen LogP contribution >= 0.6 is 11.8 Å². The van der Waals surface area contributed by atoms with Crippen LogP contribution in [0.2, 0.25) is 0 Å². The van der Waals surface area contributed by atoms with Gasteiger partial charge in [0.1, 0.15) is 0 Å². The molecule has 0 aromatic carbocycles. The minimum atomic E-state index is 0.579.